The average Bonchev–Trinajstić information content (AvgIpc) is 3.61. The fourth-order valence-corrected chi connectivity index (χ4v) is 7.28. The first kappa shape index (κ1) is 31.4. The van der Waals surface area contributed by atoms with Gasteiger partial charge in [-0.3, -0.25) is 24.6 Å². The number of nitro groups is 1. The van der Waals surface area contributed by atoms with Crippen molar-refractivity contribution in [2.75, 3.05) is 6.61 Å². The van der Waals surface area contributed by atoms with Crippen molar-refractivity contribution in [1.29, 1.82) is 0 Å². The number of nitrogens with one attached hydrogen (secondary N) is 1. The Balaban J connectivity index is 1.37. The van der Waals surface area contributed by atoms with Gasteiger partial charge in [0.2, 0.25) is 5.16 Å². The Morgan fingerprint density at radius 3 is 2.67 bits per heavy atom. The lowest BCUT2D eigenvalue weighted by Gasteiger charge is -2.24. The smallest absolute Gasteiger partial charge is 0.338 e. The molecule has 0 aliphatic carbocycles. The lowest BCUT2D eigenvalue weighted by Crippen LogP contribution is -2.39. The summed E-state index contributed by atoms with van der Waals surface area (Å²) in [6.45, 7) is 3.59. The molecule has 0 bridgehead atoms. The van der Waals surface area contributed by atoms with Gasteiger partial charge in [-0.25, -0.2) is 14.8 Å². The van der Waals surface area contributed by atoms with E-state index in [9.17, 15) is 19.7 Å². The second kappa shape index (κ2) is 13.0. The van der Waals surface area contributed by atoms with Gasteiger partial charge < -0.3 is 4.74 Å². The van der Waals surface area contributed by atoms with E-state index in [2.05, 4.69) is 20.2 Å². The van der Waals surface area contributed by atoms with Crippen LogP contribution in [-0.2, 0) is 9.53 Å². The number of esters is 1. The minimum absolute atomic E-state index is 0.169. The van der Waals surface area contributed by atoms with Crippen LogP contribution in [0.3, 0.4) is 0 Å². The van der Waals surface area contributed by atoms with E-state index in [4.69, 9.17) is 27.9 Å². The number of benzene rings is 3. The second-order valence-corrected chi connectivity index (χ2v) is 12.8. The van der Waals surface area contributed by atoms with E-state index in [1.807, 2.05) is 30.3 Å². The van der Waals surface area contributed by atoms with Crippen LogP contribution < -0.4 is 14.9 Å². The van der Waals surface area contributed by atoms with Gasteiger partial charge in [-0.15, -0.1) is 5.10 Å². The maximum Gasteiger partial charge on any atom is 0.338 e. The molecule has 0 spiro atoms. The fraction of sp³-hybridized carbons (Fsp3) is 0.129. The standard InChI is InChI=1S/C31H22Cl2N6O5S2/c1-3-44-29(41)25-16(2)34-31-38(26(25)18-7-5-4-6-8-18)28(40)24(46-31)14-17-9-12-23(22(13-17)39(42)43)45-30-35-27(36-37-30)20-11-10-19(32)15-21(20)33/h4-15,26H,3H2,1-2H3,(H,35,36,37)/b24-14+/t26-/m1/s1. The molecule has 1 atom stereocenters. The van der Waals surface area contributed by atoms with Crippen LogP contribution in [0.5, 0.6) is 0 Å². The quantitative estimate of drug-likeness (QED) is 0.119. The lowest BCUT2D eigenvalue weighted by atomic mass is 9.96. The molecule has 6 rings (SSSR count). The molecule has 3 heterocycles. The van der Waals surface area contributed by atoms with E-state index >= 15 is 0 Å². The summed E-state index contributed by atoms with van der Waals surface area (Å²) >= 11 is 14.4. The molecule has 0 unspecified atom stereocenters. The van der Waals surface area contributed by atoms with Gasteiger partial charge in [-0.2, -0.15) is 0 Å². The van der Waals surface area contributed by atoms with Crippen molar-refractivity contribution in [1.82, 2.24) is 19.7 Å². The molecule has 46 heavy (non-hydrogen) atoms. The number of hydrogen-bond acceptors (Lipinski definition) is 10. The third-order valence-corrected chi connectivity index (χ3v) is 9.42. The molecule has 2 aromatic heterocycles. The van der Waals surface area contributed by atoms with Crippen molar-refractivity contribution in [3.05, 3.63) is 129 Å². The Morgan fingerprint density at radius 2 is 1.96 bits per heavy atom. The van der Waals surface area contributed by atoms with Crippen molar-refractivity contribution < 1.29 is 14.5 Å². The molecule has 1 aliphatic heterocycles. The van der Waals surface area contributed by atoms with Crippen LogP contribution in [0.15, 0.2) is 97.8 Å². The number of H-pyrrole nitrogens is 1. The Labute approximate surface area is 279 Å². The Kier molecular flexibility index (Phi) is 8.91. The van der Waals surface area contributed by atoms with Gasteiger partial charge in [-0.05, 0) is 67.1 Å². The molecule has 0 saturated heterocycles. The first-order valence-corrected chi connectivity index (χ1v) is 16.1. The number of ether oxygens (including phenoxy) is 1. The van der Waals surface area contributed by atoms with E-state index in [-0.39, 0.29) is 28.6 Å². The zero-order valence-electron chi connectivity index (χ0n) is 24.1. The number of halogens is 2. The predicted molar refractivity (Wildman–Crippen MR) is 176 cm³/mol. The average molecular weight is 694 g/mol. The van der Waals surface area contributed by atoms with Gasteiger partial charge in [0.05, 0.1) is 43.3 Å². The number of nitrogens with zero attached hydrogens (tertiary/aromatic N) is 5. The number of aromatic amines is 1. The number of carbonyl (C=O) groups is 1. The van der Waals surface area contributed by atoms with E-state index in [1.165, 1.54) is 10.6 Å². The highest BCUT2D eigenvalue weighted by Crippen LogP contribution is 2.36. The van der Waals surface area contributed by atoms with Crippen molar-refractivity contribution >= 4 is 64.0 Å². The predicted octanol–water partition coefficient (Wildman–Crippen LogP) is 5.95. The maximum atomic E-state index is 13.9. The molecule has 1 N–H and O–H groups in total. The molecule has 0 fully saturated rings. The SMILES string of the molecule is CCOC(=O)C1=C(C)N=c2s/c(=C/c3ccc(Sc4n[nH]c(-c5ccc(Cl)cc5Cl)n4)c([N+](=O)[O-])c3)c(=O)n2[C@@H]1c1ccccc1. The van der Waals surface area contributed by atoms with Crippen molar-refractivity contribution in [3.8, 4) is 11.4 Å². The minimum Gasteiger partial charge on any atom is -0.463 e. The molecule has 1 aliphatic rings. The van der Waals surface area contributed by atoms with Crippen molar-refractivity contribution in [3.63, 3.8) is 0 Å². The highest BCUT2D eigenvalue weighted by atomic mass is 35.5. The van der Waals surface area contributed by atoms with E-state index < -0.39 is 16.9 Å². The summed E-state index contributed by atoms with van der Waals surface area (Å²) in [6, 6.07) is 18.0. The van der Waals surface area contributed by atoms with Gasteiger partial charge in [0.15, 0.2) is 10.6 Å². The molecule has 0 amide bonds. The molecule has 0 radical (unpaired) electrons. The Bertz CT molecular complexity index is 2230. The summed E-state index contributed by atoms with van der Waals surface area (Å²) in [5, 5.41) is 20.2. The molecule has 0 saturated carbocycles. The number of hydrogen-bond donors (Lipinski definition) is 1. The third kappa shape index (κ3) is 6.14. The van der Waals surface area contributed by atoms with E-state index in [0.29, 0.717) is 46.9 Å². The highest BCUT2D eigenvalue weighted by Gasteiger charge is 2.33. The monoisotopic (exact) mass is 692 g/mol. The van der Waals surface area contributed by atoms with Crippen LogP contribution in [0.1, 0.15) is 31.0 Å². The Morgan fingerprint density at radius 1 is 1.17 bits per heavy atom. The second-order valence-electron chi connectivity index (χ2n) is 9.89. The summed E-state index contributed by atoms with van der Waals surface area (Å²) < 4.78 is 7.09. The lowest BCUT2D eigenvalue weighted by molar-refractivity contribution is -0.387. The van der Waals surface area contributed by atoms with Gasteiger partial charge in [0.1, 0.15) is 0 Å². The van der Waals surface area contributed by atoms with Crippen LogP contribution in [-0.4, -0.2) is 37.2 Å². The van der Waals surface area contributed by atoms with E-state index in [0.717, 1.165) is 28.7 Å². The van der Waals surface area contributed by atoms with Gasteiger partial charge >= 0.3 is 5.97 Å². The van der Waals surface area contributed by atoms with Crippen LogP contribution in [0, 0.1) is 10.1 Å². The Hall–Kier alpha value is -4.56. The third-order valence-electron chi connectivity index (χ3n) is 6.96. The maximum absolute atomic E-state index is 13.9. The molecule has 15 heteroatoms. The first-order valence-electron chi connectivity index (χ1n) is 13.7. The number of nitro benzene ring substituents is 1. The van der Waals surface area contributed by atoms with Gasteiger partial charge in [0, 0.05) is 16.7 Å². The summed E-state index contributed by atoms with van der Waals surface area (Å²) in [7, 11) is 0. The number of fused-ring (bicyclic) bond motifs is 1. The van der Waals surface area contributed by atoms with Crippen LogP contribution in [0.25, 0.3) is 17.5 Å². The fourth-order valence-electron chi connectivity index (χ4n) is 4.94. The van der Waals surface area contributed by atoms with Crippen LogP contribution in [0.4, 0.5) is 5.69 Å². The zero-order valence-corrected chi connectivity index (χ0v) is 27.2. The number of allylic oxidation sites excluding steroid dienone is 1. The van der Waals surface area contributed by atoms with Crippen molar-refractivity contribution in [2.24, 2.45) is 4.99 Å². The summed E-state index contributed by atoms with van der Waals surface area (Å²) in [5.41, 5.74) is 1.88. The van der Waals surface area contributed by atoms with Crippen LogP contribution >= 0.6 is 46.3 Å². The summed E-state index contributed by atoms with van der Waals surface area (Å²) in [4.78, 5) is 48.2. The minimum atomic E-state index is -0.749. The first-order chi connectivity index (χ1) is 22.1. The molecule has 3 aromatic carbocycles. The van der Waals surface area contributed by atoms with E-state index in [1.54, 1.807) is 50.3 Å². The number of aromatic nitrogens is 4. The summed E-state index contributed by atoms with van der Waals surface area (Å²) in [6.07, 6.45) is 1.57. The molecule has 5 aromatic rings. The normalized spacial score (nSPS) is 14.6. The van der Waals surface area contributed by atoms with Crippen LogP contribution in [0.2, 0.25) is 10.0 Å². The number of carbonyl (C=O) groups excluding carboxylic acids is 1. The summed E-state index contributed by atoms with van der Waals surface area (Å²) in [5.74, 6) is -0.167. The molecule has 232 valence electrons. The molecular weight excluding hydrogens is 671 g/mol. The molecular formula is C31H22Cl2N6O5S2. The number of thiazole rings is 1. The zero-order chi connectivity index (χ0) is 32.5. The largest absolute Gasteiger partial charge is 0.463 e. The number of rotatable bonds is 8. The van der Waals surface area contributed by atoms with Crippen molar-refractivity contribution in [2.45, 2.75) is 29.9 Å². The molecule has 11 nitrogen and oxygen atoms in total. The van der Waals surface area contributed by atoms with Gasteiger partial charge in [0.25, 0.3) is 11.2 Å². The van der Waals surface area contributed by atoms with Gasteiger partial charge in [-0.1, -0.05) is 70.9 Å². The topological polar surface area (TPSA) is 145 Å². The highest BCUT2D eigenvalue weighted by molar-refractivity contribution is 7.99.